The quantitative estimate of drug-likeness (QED) is 0.545. The molecule has 1 N–H and O–H groups in total. The molecule has 0 bridgehead atoms. The van der Waals surface area contributed by atoms with Crippen molar-refractivity contribution in [2.45, 2.75) is 19.4 Å². The fraction of sp³-hybridized carbons (Fsp3) is 0.381. The number of rotatable bonds is 7. The molecule has 2 aromatic carbocycles. The third kappa shape index (κ3) is 5.68. The van der Waals surface area contributed by atoms with Crippen molar-refractivity contribution in [1.29, 1.82) is 0 Å². The third-order valence-corrected chi connectivity index (χ3v) is 5.46. The Bertz CT molecular complexity index is 865. The van der Waals surface area contributed by atoms with Gasteiger partial charge < -0.3 is 10.1 Å². The summed E-state index contributed by atoms with van der Waals surface area (Å²) in [6.45, 7) is 3.30. The van der Waals surface area contributed by atoms with Gasteiger partial charge in [0.1, 0.15) is 11.3 Å². The Morgan fingerprint density at radius 3 is 2.55 bits per heavy atom. The first-order valence-corrected chi connectivity index (χ1v) is 9.91. The molecule has 1 fully saturated rings. The third-order valence-electron chi connectivity index (χ3n) is 5.22. The molecule has 2 aromatic rings. The molecule has 0 atom stereocenters. The van der Waals surface area contributed by atoms with Crippen LogP contribution in [0.4, 0.5) is 5.69 Å². The zero-order valence-electron chi connectivity index (χ0n) is 16.3. The van der Waals surface area contributed by atoms with Gasteiger partial charge in [-0.25, -0.2) is 0 Å². The van der Waals surface area contributed by atoms with Gasteiger partial charge in [-0.15, -0.1) is 0 Å². The standard InChI is InChI=1S/C21H24ClN3O4/c1-29-18-5-2-16(3-6-18)14-24-10-8-15(9-11-24)13-23-21(26)19-7-4-17(22)12-20(19)25(27)28/h2-7,12,15H,8-11,13-14H2,1H3,(H,23,26). The van der Waals surface area contributed by atoms with Gasteiger partial charge in [-0.3, -0.25) is 19.8 Å². The van der Waals surface area contributed by atoms with Crippen molar-refractivity contribution < 1.29 is 14.5 Å². The molecule has 1 heterocycles. The van der Waals surface area contributed by atoms with E-state index in [0.717, 1.165) is 38.2 Å². The van der Waals surface area contributed by atoms with Crippen LogP contribution in [0.15, 0.2) is 42.5 Å². The van der Waals surface area contributed by atoms with E-state index in [9.17, 15) is 14.9 Å². The van der Waals surface area contributed by atoms with E-state index in [0.29, 0.717) is 12.5 Å². The van der Waals surface area contributed by atoms with Crippen LogP contribution in [-0.2, 0) is 6.54 Å². The number of piperidine rings is 1. The van der Waals surface area contributed by atoms with Crippen LogP contribution in [0.25, 0.3) is 0 Å². The number of nitro benzene ring substituents is 1. The lowest BCUT2D eigenvalue weighted by Crippen LogP contribution is -2.38. The van der Waals surface area contributed by atoms with Gasteiger partial charge in [-0.05, 0) is 61.7 Å². The number of nitrogens with one attached hydrogen (secondary N) is 1. The average Bonchev–Trinajstić information content (AvgIpc) is 2.73. The maximum atomic E-state index is 12.4. The summed E-state index contributed by atoms with van der Waals surface area (Å²) in [5.41, 5.74) is 1.01. The maximum absolute atomic E-state index is 12.4. The second kappa shape index (κ2) is 9.71. The smallest absolute Gasteiger partial charge is 0.283 e. The maximum Gasteiger partial charge on any atom is 0.283 e. The van der Waals surface area contributed by atoms with Gasteiger partial charge in [0.2, 0.25) is 0 Å². The van der Waals surface area contributed by atoms with Gasteiger partial charge in [0.05, 0.1) is 12.0 Å². The summed E-state index contributed by atoms with van der Waals surface area (Å²) in [6, 6.07) is 12.2. The molecule has 7 nitrogen and oxygen atoms in total. The minimum Gasteiger partial charge on any atom is -0.497 e. The number of benzene rings is 2. The highest BCUT2D eigenvalue weighted by Crippen LogP contribution is 2.24. The van der Waals surface area contributed by atoms with Gasteiger partial charge in [0.15, 0.2) is 0 Å². The first-order valence-electron chi connectivity index (χ1n) is 9.53. The fourth-order valence-electron chi connectivity index (χ4n) is 3.52. The molecule has 0 unspecified atom stereocenters. The summed E-state index contributed by atoms with van der Waals surface area (Å²) < 4.78 is 5.19. The molecular weight excluding hydrogens is 394 g/mol. The van der Waals surface area contributed by atoms with Crippen molar-refractivity contribution in [3.05, 3.63) is 68.7 Å². The van der Waals surface area contributed by atoms with Crippen LogP contribution >= 0.6 is 11.6 Å². The van der Waals surface area contributed by atoms with E-state index in [2.05, 4.69) is 22.3 Å². The van der Waals surface area contributed by atoms with Crippen LogP contribution in [0.5, 0.6) is 5.75 Å². The molecule has 0 spiro atoms. The Hall–Kier alpha value is -2.64. The molecule has 0 aliphatic carbocycles. The first-order chi connectivity index (χ1) is 14.0. The molecule has 1 aliphatic heterocycles. The van der Waals surface area contributed by atoms with Gasteiger partial charge in [0.25, 0.3) is 11.6 Å². The molecule has 1 aliphatic rings. The highest BCUT2D eigenvalue weighted by Gasteiger charge is 2.23. The second-order valence-corrected chi connectivity index (χ2v) is 7.63. The minimum absolute atomic E-state index is 0.0383. The van der Waals surface area contributed by atoms with Crippen molar-refractivity contribution in [2.24, 2.45) is 5.92 Å². The van der Waals surface area contributed by atoms with Crippen LogP contribution in [-0.4, -0.2) is 42.5 Å². The minimum atomic E-state index is -0.585. The Balaban J connectivity index is 1.47. The lowest BCUT2D eigenvalue weighted by molar-refractivity contribution is -0.385. The van der Waals surface area contributed by atoms with E-state index in [1.54, 1.807) is 7.11 Å². The van der Waals surface area contributed by atoms with Crippen molar-refractivity contribution >= 4 is 23.2 Å². The second-order valence-electron chi connectivity index (χ2n) is 7.20. The fourth-order valence-corrected chi connectivity index (χ4v) is 3.68. The number of carbonyl (C=O) groups is 1. The Labute approximate surface area is 174 Å². The van der Waals surface area contributed by atoms with E-state index < -0.39 is 10.8 Å². The molecule has 29 heavy (non-hydrogen) atoms. The molecule has 154 valence electrons. The average molecular weight is 418 g/mol. The normalized spacial score (nSPS) is 15.1. The number of amides is 1. The number of hydrogen-bond donors (Lipinski definition) is 1. The van der Waals surface area contributed by atoms with Crippen molar-refractivity contribution in [3.8, 4) is 5.75 Å². The predicted molar refractivity (Wildman–Crippen MR) is 111 cm³/mol. The number of methoxy groups -OCH3 is 1. The van der Waals surface area contributed by atoms with Crippen molar-refractivity contribution in [1.82, 2.24) is 10.2 Å². The van der Waals surface area contributed by atoms with Gasteiger partial charge in [-0.2, -0.15) is 0 Å². The lowest BCUT2D eigenvalue weighted by Gasteiger charge is -2.32. The number of halogens is 1. The van der Waals surface area contributed by atoms with Crippen LogP contribution < -0.4 is 10.1 Å². The predicted octanol–water partition coefficient (Wildman–Crippen LogP) is 3.90. The zero-order valence-corrected chi connectivity index (χ0v) is 17.0. The number of nitrogens with zero attached hydrogens (tertiary/aromatic N) is 2. The van der Waals surface area contributed by atoms with E-state index in [1.165, 1.54) is 23.8 Å². The van der Waals surface area contributed by atoms with Crippen LogP contribution in [0.2, 0.25) is 5.02 Å². The van der Waals surface area contributed by atoms with E-state index in [-0.39, 0.29) is 16.3 Å². The van der Waals surface area contributed by atoms with E-state index in [4.69, 9.17) is 16.3 Å². The molecule has 0 saturated carbocycles. The molecule has 1 amide bonds. The van der Waals surface area contributed by atoms with E-state index in [1.807, 2.05) is 12.1 Å². The number of hydrogen-bond acceptors (Lipinski definition) is 5. The largest absolute Gasteiger partial charge is 0.497 e. The van der Waals surface area contributed by atoms with Gasteiger partial charge in [0, 0.05) is 24.2 Å². The zero-order chi connectivity index (χ0) is 20.8. The van der Waals surface area contributed by atoms with Crippen LogP contribution in [0.1, 0.15) is 28.8 Å². The van der Waals surface area contributed by atoms with Crippen molar-refractivity contribution in [2.75, 3.05) is 26.7 Å². The Kier molecular flexibility index (Phi) is 7.06. The molecule has 1 saturated heterocycles. The topological polar surface area (TPSA) is 84.7 Å². The number of nitro groups is 1. The number of carbonyl (C=O) groups excluding carboxylic acids is 1. The Morgan fingerprint density at radius 2 is 1.93 bits per heavy atom. The molecule has 0 radical (unpaired) electrons. The SMILES string of the molecule is COc1ccc(CN2CCC(CNC(=O)c3ccc(Cl)cc3[N+](=O)[O-])CC2)cc1. The van der Waals surface area contributed by atoms with Gasteiger partial charge >= 0.3 is 0 Å². The molecule has 0 aromatic heterocycles. The van der Waals surface area contributed by atoms with E-state index >= 15 is 0 Å². The van der Waals surface area contributed by atoms with Crippen LogP contribution in [0, 0.1) is 16.0 Å². The summed E-state index contributed by atoms with van der Waals surface area (Å²) in [4.78, 5) is 25.4. The van der Waals surface area contributed by atoms with Crippen LogP contribution in [0.3, 0.4) is 0 Å². The first kappa shape index (κ1) is 21.1. The lowest BCUT2D eigenvalue weighted by atomic mass is 9.96. The molecule has 3 rings (SSSR count). The monoisotopic (exact) mass is 417 g/mol. The number of likely N-dealkylation sites (tertiary alicyclic amines) is 1. The highest BCUT2D eigenvalue weighted by atomic mass is 35.5. The Morgan fingerprint density at radius 1 is 1.24 bits per heavy atom. The summed E-state index contributed by atoms with van der Waals surface area (Å²) in [6.07, 6.45) is 1.94. The summed E-state index contributed by atoms with van der Waals surface area (Å²) in [5.74, 6) is 0.774. The van der Waals surface area contributed by atoms with Crippen molar-refractivity contribution in [3.63, 3.8) is 0 Å². The summed E-state index contributed by atoms with van der Waals surface area (Å²) >= 11 is 5.80. The summed E-state index contributed by atoms with van der Waals surface area (Å²) in [7, 11) is 1.66. The molecular formula is C21H24ClN3O4. The number of ether oxygens (including phenoxy) is 1. The summed E-state index contributed by atoms with van der Waals surface area (Å²) in [5, 5.41) is 14.2. The van der Waals surface area contributed by atoms with Gasteiger partial charge in [-0.1, -0.05) is 23.7 Å². The molecule has 8 heteroatoms. The highest BCUT2D eigenvalue weighted by molar-refractivity contribution is 6.31.